The Morgan fingerprint density at radius 1 is 1.07 bits per heavy atom. The van der Waals surface area contributed by atoms with Crippen molar-refractivity contribution in [3.05, 3.63) is 60.0 Å². The lowest BCUT2D eigenvalue weighted by atomic mass is 10.3. The van der Waals surface area contributed by atoms with Crippen LogP contribution < -0.4 is 10.4 Å². The van der Waals surface area contributed by atoms with Gasteiger partial charge in [-0.3, -0.25) is 14.8 Å². The first-order chi connectivity index (χ1) is 13.1. The first kappa shape index (κ1) is 18.7. The summed E-state index contributed by atoms with van der Waals surface area (Å²) in [5.74, 6) is -0.0538. The summed E-state index contributed by atoms with van der Waals surface area (Å²) in [5.41, 5.74) is 1.94. The van der Waals surface area contributed by atoms with E-state index >= 15 is 0 Å². The highest BCUT2D eigenvalue weighted by molar-refractivity contribution is 5.78. The molecule has 0 fully saturated rings. The second-order valence-electron chi connectivity index (χ2n) is 6.01. The lowest BCUT2D eigenvalue weighted by molar-refractivity contribution is -0.143. The second-order valence-corrected chi connectivity index (χ2v) is 6.01. The topological polar surface area (TPSA) is 69.2 Å². The minimum absolute atomic E-state index is 0.00622. The molecular formula is C20H22FN3O3. The van der Waals surface area contributed by atoms with Crippen molar-refractivity contribution in [3.8, 4) is 5.75 Å². The number of esters is 1. The summed E-state index contributed by atoms with van der Waals surface area (Å²) in [6, 6.07) is 13.5. The van der Waals surface area contributed by atoms with Crippen LogP contribution in [0.5, 0.6) is 5.75 Å². The molecule has 2 aromatic carbocycles. The molecule has 3 aromatic rings. The molecule has 0 saturated carbocycles. The molecule has 6 nitrogen and oxygen atoms in total. The molecule has 0 aliphatic carbocycles. The monoisotopic (exact) mass is 371 g/mol. The number of imidazole rings is 1. The summed E-state index contributed by atoms with van der Waals surface area (Å²) in [6.45, 7) is 3.08. The number of ether oxygens (including phenoxy) is 2. The standard InChI is InChI=1S/C20H22FN3O3/c1-2-26-19(25)14-24-18-7-4-3-6-17(18)23(20(24)22)12-5-13-27-16-10-8-15(21)9-11-16/h3-4,6-11,22H,2,5,12-14H2,1H3. The van der Waals surface area contributed by atoms with Crippen LogP contribution in [0, 0.1) is 11.2 Å². The zero-order valence-corrected chi connectivity index (χ0v) is 15.2. The molecule has 1 heterocycles. The Hall–Kier alpha value is -3.09. The van der Waals surface area contributed by atoms with E-state index in [0.29, 0.717) is 31.9 Å². The number of fused-ring (bicyclic) bond motifs is 1. The lowest BCUT2D eigenvalue weighted by Gasteiger charge is -2.07. The van der Waals surface area contributed by atoms with Gasteiger partial charge in [0.05, 0.1) is 24.2 Å². The molecule has 0 amide bonds. The number of rotatable bonds is 8. The predicted molar refractivity (Wildman–Crippen MR) is 98.9 cm³/mol. The first-order valence-corrected chi connectivity index (χ1v) is 8.86. The van der Waals surface area contributed by atoms with Crippen molar-refractivity contribution in [2.45, 2.75) is 26.4 Å². The van der Waals surface area contributed by atoms with Gasteiger partial charge in [-0.2, -0.15) is 0 Å². The van der Waals surface area contributed by atoms with Crippen molar-refractivity contribution in [2.24, 2.45) is 0 Å². The number of hydrogen-bond acceptors (Lipinski definition) is 4. The van der Waals surface area contributed by atoms with Crippen LogP contribution in [0.4, 0.5) is 4.39 Å². The van der Waals surface area contributed by atoms with Gasteiger partial charge < -0.3 is 14.0 Å². The quantitative estimate of drug-likeness (QED) is 0.489. The molecule has 1 aromatic heterocycles. The van der Waals surface area contributed by atoms with Crippen LogP contribution in [0.1, 0.15) is 13.3 Å². The molecule has 27 heavy (non-hydrogen) atoms. The van der Waals surface area contributed by atoms with Gasteiger partial charge in [0.15, 0.2) is 0 Å². The number of carbonyl (C=O) groups is 1. The SMILES string of the molecule is CCOC(=O)Cn1c(=N)n(CCCOc2ccc(F)cc2)c2ccccc21. The summed E-state index contributed by atoms with van der Waals surface area (Å²) in [5, 5.41) is 8.46. The Morgan fingerprint density at radius 3 is 2.41 bits per heavy atom. The van der Waals surface area contributed by atoms with Crippen LogP contribution in [-0.2, 0) is 22.6 Å². The lowest BCUT2D eigenvalue weighted by Crippen LogP contribution is -2.28. The van der Waals surface area contributed by atoms with Gasteiger partial charge in [-0.25, -0.2) is 4.39 Å². The number of aryl methyl sites for hydroxylation is 1. The number of aromatic nitrogens is 2. The molecule has 0 atom stereocenters. The van der Waals surface area contributed by atoms with E-state index in [1.165, 1.54) is 12.1 Å². The van der Waals surface area contributed by atoms with E-state index in [0.717, 1.165) is 11.0 Å². The third-order valence-electron chi connectivity index (χ3n) is 4.18. The van der Waals surface area contributed by atoms with Crippen molar-refractivity contribution in [1.82, 2.24) is 9.13 Å². The molecule has 0 saturated heterocycles. The largest absolute Gasteiger partial charge is 0.494 e. The molecule has 0 aliphatic heterocycles. The fraction of sp³-hybridized carbons (Fsp3) is 0.300. The van der Waals surface area contributed by atoms with E-state index in [1.807, 2.05) is 28.8 Å². The Kier molecular flexibility index (Phi) is 5.90. The molecule has 1 N–H and O–H groups in total. The third kappa shape index (κ3) is 4.36. The summed E-state index contributed by atoms with van der Waals surface area (Å²) in [7, 11) is 0. The van der Waals surface area contributed by atoms with Crippen LogP contribution in [-0.4, -0.2) is 28.3 Å². The molecule has 0 radical (unpaired) electrons. The highest BCUT2D eigenvalue weighted by Gasteiger charge is 2.13. The van der Waals surface area contributed by atoms with Gasteiger partial charge in [0.25, 0.3) is 0 Å². The number of para-hydroxylation sites is 2. The zero-order valence-electron chi connectivity index (χ0n) is 15.2. The molecular weight excluding hydrogens is 349 g/mol. The number of hydrogen-bond donors (Lipinski definition) is 1. The van der Waals surface area contributed by atoms with Crippen molar-refractivity contribution in [2.75, 3.05) is 13.2 Å². The first-order valence-electron chi connectivity index (χ1n) is 8.86. The average molecular weight is 371 g/mol. The Bertz CT molecular complexity index is 976. The molecule has 3 rings (SSSR count). The predicted octanol–water partition coefficient (Wildman–Crippen LogP) is 3.09. The molecule has 7 heteroatoms. The summed E-state index contributed by atoms with van der Waals surface area (Å²) >= 11 is 0. The van der Waals surface area contributed by atoms with Crippen molar-refractivity contribution < 1.29 is 18.7 Å². The van der Waals surface area contributed by atoms with Gasteiger partial charge in [-0.1, -0.05) is 12.1 Å². The van der Waals surface area contributed by atoms with Crippen LogP contribution in [0.3, 0.4) is 0 Å². The molecule has 0 spiro atoms. The highest BCUT2D eigenvalue weighted by Crippen LogP contribution is 2.14. The number of carbonyl (C=O) groups excluding carboxylic acids is 1. The van der Waals surface area contributed by atoms with Crippen molar-refractivity contribution in [1.29, 1.82) is 5.41 Å². The van der Waals surface area contributed by atoms with Crippen molar-refractivity contribution >= 4 is 17.0 Å². The smallest absolute Gasteiger partial charge is 0.326 e. The highest BCUT2D eigenvalue weighted by atomic mass is 19.1. The maximum Gasteiger partial charge on any atom is 0.326 e. The Balaban J connectivity index is 1.72. The van der Waals surface area contributed by atoms with E-state index in [-0.39, 0.29) is 23.9 Å². The minimum atomic E-state index is -0.362. The van der Waals surface area contributed by atoms with Crippen LogP contribution in [0.2, 0.25) is 0 Å². The molecule has 0 unspecified atom stereocenters. The summed E-state index contributed by atoms with van der Waals surface area (Å²) in [6.07, 6.45) is 0.668. The molecule has 0 bridgehead atoms. The van der Waals surface area contributed by atoms with E-state index < -0.39 is 0 Å². The van der Waals surface area contributed by atoms with E-state index in [4.69, 9.17) is 14.9 Å². The van der Waals surface area contributed by atoms with E-state index in [1.54, 1.807) is 23.6 Å². The summed E-state index contributed by atoms with van der Waals surface area (Å²) < 4.78 is 27.0. The number of nitrogens with zero attached hydrogens (tertiary/aromatic N) is 2. The third-order valence-corrected chi connectivity index (χ3v) is 4.18. The molecule has 0 aliphatic rings. The van der Waals surface area contributed by atoms with E-state index in [2.05, 4.69) is 0 Å². The average Bonchev–Trinajstić information content (AvgIpc) is 2.92. The van der Waals surface area contributed by atoms with Crippen LogP contribution in [0.25, 0.3) is 11.0 Å². The van der Waals surface area contributed by atoms with E-state index in [9.17, 15) is 9.18 Å². The van der Waals surface area contributed by atoms with Crippen LogP contribution >= 0.6 is 0 Å². The number of benzene rings is 2. The van der Waals surface area contributed by atoms with Gasteiger partial charge >= 0.3 is 5.97 Å². The van der Waals surface area contributed by atoms with Gasteiger partial charge in [-0.05, 0) is 49.7 Å². The normalized spacial score (nSPS) is 10.9. The van der Waals surface area contributed by atoms with Crippen LogP contribution in [0.15, 0.2) is 48.5 Å². The maximum absolute atomic E-state index is 12.9. The van der Waals surface area contributed by atoms with Gasteiger partial charge in [0, 0.05) is 6.54 Å². The van der Waals surface area contributed by atoms with Gasteiger partial charge in [0.1, 0.15) is 18.1 Å². The zero-order chi connectivity index (χ0) is 19.2. The number of halogens is 1. The van der Waals surface area contributed by atoms with Gasteiger partial charge in [0.2, 0.25) is 5.62 Å². The Morgan fingerprint density at radius 2 is 1.74 bits per heavy atom. The summed E-state index contributed by atoms with van der Waals surface area (Å²) in [4.78, 5) is 11.9. The Labute approximate surface area is 156 Å². The maximum atomic E-state index is 12.9. The number of nitrogens with one attached hydrogen (secondary N) is 1. The van der Waals surface area contributed by atoms with Gasteiger partial charge in [-0.15, -0.1) is 0 Å². The fourth-order valence-electron chi connectivity index (χ4n) is 2.96. The molecule has 142 valence electrons. The second kappa shape index (κ2) is 8.53. The minimum Gasteiger partial charge on any atom is -0.494 e. The fourth-order valence-corrected chi connectivity index (χ4v) is 2.96. The van der Waals surface area contributed by atoms with Crippen molar-refractivity contribution in [3.63, 3.8) is 0 Å².